The van der Waals surface area contributed by atoms with E-state index in [1.165, 1.54) is 5.56 Å². The van der Waals surface area contributed by atoms with Crippen molar-refractivity contribution in [3.8, 4) is 0 Å². The highest BCUT2D eigenvalue weighted by Gasteiger charge is 2.24. The zero-order chi connectivity index (χ0) is 19.1. The number of nitrogens with zero attached hydrogens (tertiary/aromatic N) is 3. The lowest BCUT2D eigenvalue weighted by Crippen LogP contribution is -2.38. The van der Waals surface area contributed by atoms with E-state index in [1.54, 1.807) is 11.2 Å². The van der Waals surface area contributed by atoms with Gasteiger partial charge in [-0.2, -0.15) is 0 Å². The summed E-state index contributed by atoms with van der Waals surface area (Å²) in [6.45, 7) is 5.80. The van der Waals surface area contributed by atoms with Crippen LogP contribution in [0.1, 0.15) is 36.2 Å². The fraction of sp³-hybridized carbons (Fsp3) is 0.524. The van der Waals surface area contributed by atoms with Crippen LogP contribution in [0.4, 0.5) is 0 Å². The highest BCUT2D eigenvalue weighted by Crippen LogP contribution is 2.23. The quantitative estimate of drug-likeness (QED) is 0.748. The minimum atomic E-state index is -0.0231. The molecule has 6 heteroatoms. The zero-order valence-electron chi connectivity index (χ0n) is 16.1. The molecule has 1 aliphatic heterocycles. The number of aliphatic hydroxyl groups is 1. The number of nitrogens with one attached hydrogen (secondary N) is 1. The number of H-pyrrole nitrogens is 1. The Morgan fingerprint density at radius 2 is 2.04 bits per heavy atom. The number of hydrogen-bond acceptors (Lipinski definition) is 4. The van der Waals surface area contributed by atoms with Crippen LogP contribution in [-0.4, -0.2) is 57.0 Å². The highest BCUT2D eigenvalue weighted by atomic mass is 16.3. The molecular weight excluding hydrogens is 340 g/mol. The SMILES string of the molecule is Cc1[nH]cnc1CN(CCO)C(=O)CC1CCN(Cc2ccccc2)CC1. The number of piperidine rings is 1. The number of rotatable bonds is 8. The smallest absolute Gasteiger partial charge is 0.223 e. The maximum absolute atomic E-state index is 12.8. The van der Waals surface area contributed by atoms with Crippen LogP contribution in [0.3, 0.4) is 0 Å². The van der Waals surface area contributed by atoms with Crippen molar-refractivity contribution >= 4 is 5.91 Å². The Kier molecular flexibility index (Phi) is 7.01. The first-order valence-corrected chi connectivity index (χ1v) is 9.79. The van der Waals surface area contributed by atoms with Crippen molar-refractivity contribution < 1.29 is 9.90 Å². The molecule has 146 valence electrons. The molecule has 1 amide bonds. The maximum Gasteiger partial charge on any atom is 0.223 e. The third-order valence-electron chi connectivity index (χ3n) is 5.42. The topological polar surface area (TPSA) is 72.5 Å². The average Bonchev–Trinajstić information content (AvgIpc) is 3.08. The van der Waals surface area contributed by atoms with Crippen LogP contribution in [0.2, 0.25) is 0 Å². The Labute approximate surface area is 161 Å². The molecular formula is C21H30N4O2. The van der Waals surface area contributed by atoms with Crippen molar-refractivity contribution in [1.82, 2.24) is 19.8 Å². The first-order valence-electron chi connectivity index (χ1n) is 9.79. The summed E-state index contributed by atoms with van der Waals surface area (Å²) in [5, 5.41) is 9.34. The number of aromatic amines is 1. The molecule has 1 aromatic carbocycles. The molecule has 0 radical (unpaired) electrons. The van der Waals surface area contributed by atoms with Crippen LogP contribution in [0.5, 0.6) is 0 Å². The molecule has 6 nitrogen and oxygen atoms in total. The van der Waals surface area contributed by atoms with E-state index in [2.05, 4.69) is 39.1 Å². The highest BCUT2D eigenvalue weighted by molar-refractivity contribution is 5.76. The first kappa shape index (κ1) is 19.6. The Hall–Kier alpha value is -2.18. The second kappa shape index (κ2) is 9.67. The fourth-order valence-corrected chi connectivity index (χ4v) is 3.71. The molecule has 0 spiro atoms. The predicted molar refractivity (Wildman–Crippen MR) is 105 cm³/mol. The summed E-state index contributed by atoms with van der Waals surface area (Å²) in [5.41, 5.74) is 3.19. The summed E-state index contributed by atoms with van der Waals surface area (Å²) in [6, 6.07) is 10.5. The predicted octanol–water partition coefficient (Wildman–Crippen LogP) is 2.34. The number of aryl methyl sites for hydroxylation is 1. The average molecular weight is 370 g/mol. The number of hydrogen-bond donors (Lipinski definition) is 2. The number of amides is 1. The van der Waals surface area contributed by atoms with Crippen molar-refractivity contribution in [3.05, 3.63) is 53.6 Å². The van der Waals surface area contributed by atoms with Crippen molar-refractivity contribution in [3.63, 3.8) is 0 Å². The molecule has 1 saturated heterocycles. The zero-order valence-corrected chi connectivity index (χ0v) is 16.1. The number of benzene rings is 1. The number of likely N-dealkylation sites (tertiary alicyclic amines) is 1. The van der Waals surface area contributed by atoms with Gasteiger partial charge in [0.2, 0.25) is 5.91 Å². The molecule has 0 aliphatic carbocycles. The van der Waals surface area contributed by atoms with Crippen molar-refractivity contribution in [2.45, 2.75) is 39.3 Å². The van der Waals surface area contributed by atoms with Crippen LogP contribution < -0.4 is 0 Å². The van der Waals surface area contributed by atoms with E-state index in [-0.39, 0.29) is 12.5 Å². The van der Waals surface area contributed by atoms with Crippen molar-refractivity contribution in [2.75, 3.05) is 26.2 Å². The van der Waals surface area contributed by atoms with Crippen molar-refractivity contribution in [2.24, 2.45) is 5.92 Å². The molecule has 0 atom stereocenters. The summed E-state index contributed by atoms with van der Waals surface area (Å²) >= 11 is 0. The Morgan fingerprint density at radius 1 is 1.30 bits per heavy atom. The molecule has 2 N–H and O–H groups in total. The van der Waals surface area contributed by atoms with Gasteiger partial charge in [-0.3, -0.25) is 9.69 Å². The molecule has 2 aromatic rings. The van der Waals surface area contributed by atoms with E-state index >= 15 is 0 Å². The van der Waals surface area contributed by atoms with Crippen LogP contribution in [-0.2, 0) is 17.9 Å². The van der Waals surface area contributed by atoms with Gasteiger partial charge in [0.05, 0.1) is 25.2 Å². The largest absolute Gasteiger partial charge is 0.395 e. The summed E-state index contributed by atoms with van der Waals surface area (Å²) in [7, 11) is 0. The first-order chi connectivity index (χ1) is 13.2. The number of aliphatic hydroxyl groups excluding tert-OH is 1. The molecule has 1 aliphatic rings. The van der Waals surface area contributed by atoms with E-state index in [9.17, 15) is 9.90 Å². The third kappa shape index (κ3) is 5.65. The van der Waals surface area contributed by atoms with E-state index in [1.807, 2.05) is 13.0 Å². The van der Waals surface area contributed by atoms with Crippen LogP contribution in [0, 0.1) is 12.8 Å². The number of imidazole rings is 1. The van der Waals surface area contributed by atoms with E-state index < -0.39 is 0 Å². The molecule has 0 saturated carbocycles. The Balaban J connectivity index is 1.47. The minimum absolute atomic E-state index is 0.0231. The molecule has 27 heavy (non-hydrogen) atoms. The van der Waals surface area contributed by atoms with Crippen LogP contribution in [0.15, 0.2) is 36.7 Å². The van der Waals surface area contributed by atoms with Crippen molar-refractivity contribution in [1.29, 1.82) is 0 Å². The molecule has 3 rings (SSSR count). The molecule has 0 unspecified atom stereocenters. The number of aromatic nitrogens is 2. The van der Waals surface area contributed by atoms with E-state index in [0.29, 0.717) is 25.4 Å². The lowest BCUT2D eigenvalue weighted by Gasteiger charge is -2.32. The van der Waals surface area contributed by atoms with Gasteiger partial charge < -0.3 is 15.0 Å². The maximum atomic E-state index is 12.8. The van der Waals surface area contributed by atoms with Gasteiger partial charge in [-0.05, 0) is 44.3 Å². The number of carbonyl (C=O) groups excluding carboxylic acids is 1. The Morgan fingerprint density at radius 3 is 2.67 bits per heavy atom. The molecule has 0 bridgehead atoms. The van der Waals surface area contributed by atoms with Gasteiger partial charge in [0.15, 0.2) is 0 Å². The third-order valence-corrected chi connectivity index (χ3v) is 5.42. The minimum Gasteiger partial charge on any atom is -0.395 e. The van der Waals surface area contributed by atoms with Crippen LogP contribution >= 0.6 is 0 Å². The summed E-state index contributed by atoms with van der Waals surface area (Å²) < 4.78 is 0. The number of carbonyl (C=O) groups is 1. The standard InChI is InChI=1S/C21H30N4O2/c1-17-20(23-16-22-17)15-25(11-12-26)21(27)13-18-7-9-24(10-8-18)14-19-5-3-2-4-6-19/h2-6,16,18,26H,7-15H2,1H3,(H,22,23). The fourth-order valence-electron chi connectivity index (χ4n) is 3.71. The normalized spacial score (nSPS) is 15.8. The van der Waals surface area contributed by atoms with Gasteiger partial charge in [-0.25, -0.2) is 4.98 Å². The van der Waals surface area contributed by atoms with Gasteiger partial charge in [-0.1, -0.05) is 30.3 Å². The Bertz CT molecular complexity index is 708. The van der Waals surface area contributed by atoms with Gasteiger partial charge in [0, 0.05) is 25.2 Å². The van der Waals surface area contributed by atoms with Crippen LogP contribution in [0.25, 0.3) is 0 Å². The van der Waals surface area contributed by atoms with E-state index in [0.717, 1.165) is 43.9 Å². The molecule has 2 heterocycles. The summed E-state index contributed by atoms with van der Waals surface area (Å²) in [6.07, 6.45) is 4.30. The summed E-state index contributed by atoms with van der Waals surface area (Å²) in [4.78, 5) is 24.3. The van der Waals surface area contributed by atoms with Gasteiger partial charge in [0.25, 0.3) is 0 Å². The lowest BCUT2D eigenvalue weighted by atomic mass is 9.92. The van der Waals surface area contributed by atoms with Gasteiger partial charge in [0.1, 0.15) is 0 Å². The van der Waals surface area contributed by atoms with E-state index in [4.69, 9.17) is 0 Å². The lowest BCUT2D eigenvalue weighted by molar-refractivity contribution is -0.133. The monoisotopic (exact) mass is 370 g/mol. The molecule has 1 aromatic heterocycles. The second-order valence-corrected chi connectivity index (χ2v) is 7.42. The van der Waals surface area contributed by atoms with Gasteiger partial charge >= 0.3 is 0 Å². The second-order valence-electron chi connectivity index (χ2n) is 7.42. The molecule has 1 fully saturated rings. The van der Waals surface area contributed by atoms with Gasteiger partial charge in [-0.15, -0.1) is 0 Å². The summed E-state index contributed by atoms with van der Waals surface area (Å²) in [5.74, 6) is 0.541.